The van der Waals surface area contributed by atoms with E-state index < -0.39 is 12.0 Å². The lowest BCUT2D eigenvalue weighted by atomic mass is 10.2. The van der Waals surface area contributed by atoms with E-state index in [9.17, 15) is 9.59 Å². The van der Waals surface area contributed by atoms with Crippen molar-refractivity contribution in [3.63, 3.8) is 0 Å². The normalized spacial score (nSPS) is 11.9. The molecular formula is C13H16ClNO3S. The van der Waals surface area contributed by atoms with Crippen LogP contribution < -0.4 is 5.32 Å². The van der Waals surface area contributed by atoms with Gasteiger partial charge in [-0.25, -0.2) is 4.79 Å². The summed E-state index contributed by atoms with van der Waals surface area (Å²) in [6, 6.07) is 6.60. The highest BCUT2D eigenvalue weighted by atomic mass is 35.5. The van der Waals surface area contributed by atoms with Crippen molar-refractivity contribution in [2.24, 2.45) is 0 Å². The monoisotopic (exact) mass is 301 g/mol. The van der Waals surface area contributed by atoms with Crippen LogP contribution in [-0.2, 0) is 15.3 Å². The third-order valence-electron chi connectivity index (χ3n) is 2.46. The molecule has 4 nitrogen and oxygen atoms in total. The van der Waals surface area contributed by atoms with Crippen molar-refractivity contribution in [2.75, 3.05) is 5.75 Å². The smallest absolute Gasteiger partial charge is 0.326 e. The molecule has 0 aliphatic carbocycles. The van der Waals surface area contributed by atoms with Crippen LogP contribution in [0, 0.1) is 0 Å². The Morgan fingerprint density at radius 3 is 2.53 bits per heavy atom. The van der Waals surface area contributed by atoms with Crippen LogP contribution in [0.15, 0.2) is 24.3 Å². The van der Waals surface area contributed by atoms with Gasteiger partial charge in [0.2, 0.25) is 5.91 Å². The van der Waals surface area contributed by atoms with Crippen molar-refractivity contribution in [1.29, 1.82) is 0 Å². The molecule has 0 spiro atoms. The molecule has 0 heterocycles. The van der Waals surface area contributed by atoms with Crippen LogP contribution in [0.25, 0.3) is 0 Å². The van der Waals surface area contributed by atoms with Crippen molar-refractivity contribution in [1.82, 2.24) is 5.32 Å². The van der Waals surface area contributed by atoms with Crippen molar-refractivity contribution in [3.8, 4) is 0 Å². The average Bonchev–Trinajstić information content (AvgIpc) is 2.38. The third kappa shape index (κ3) is 5.98. The zero-order chi connectivity index (χ0) is 14.3. The number of rotatable bonds is 7. The Hall–Kier alpha value is -1.20. The standard InChI is InChI=1S/C13H16ClNO3S/c1-2-11(13(17)18)15-12(16)8-19-7-9-3-5-10(14)6-4-9/h3-6,11H,2,7-8H2,1H3,(H,15,16)(H,17,18). The second-order valence-electron chi connectivity index (χ2n) is 3.99. The van der Waals surface area contributed by atoms with Crippen LogP contribution in [-0.4, -0.2) is 28.8 Å². The second kappa shape index (κ2) is 8.07. The highest BCUT2D eigenvalue weighted by Crippen LogP contribution is 2.15. The lowest BCUT2D eigenvalue weighted by Gasteiger charge is -2.11. The molecule has 0 bridgehead atoms. The number of hydrogen-bond donors (Lipinski definition) is 2. The molecule has 2 N–H and O–H groups in total. The van der Waals surface area contributed by atoms with Gasteiger partial charge < -0.3 is 10.4 Å². The first-order valence-electron chi connectivity index (χ1n) is 5.87. The van der Waals surface area contributed by atoms with Crippen LogP contribution in [0.5, 0.6) is 0 Å². The van der Waals surface area contributed by atoms with Gasteiger partial charge in [-0.05, 0) is 24.1 Å². The molecule has 1 rings (SSSR count). The number of benzene rings is 1. The number of carboxylic acids is 1. The van der Waals surface area contributed by atoms with E-state index >= 15 is 0 Å². The molecule has 0 aromatic heterocycles. The Balaban J connectivity index is 2.30. The Labute approximate surface area is 121 Å². The van der Waals surface area contributed by atoms with Crippen molar-refractivity contribution < 1.29 is 14.7 Å². The molecule has 0 aliphatic rings. The van der Waals surface area contributed by atoms with Gasteiger partial charge >= 0.3 is 5.97 Å². The number of thioether (sulfide) groups is 1. The van der Waals surface area contributed by atoms with Gasteiger partial charge in [-0.15, -0.1) is 11.8 Å². The summed E-state index contributed by atoms with van der Waals surface area (Å²) < 4.78 is 0. The largest absolute Gasteiger partial charge is 0.480 e. The minimum atomic E-state index is -1.00. The van der Waals surface area contributed by atoms with E-state index in [-0.39, 0.29) is 11.7 Å². The van der Waals surface area contributed by atoms with Gasteiger partial charge in [0.1, 0.15) is 6.04 Å². The zero-order valence-corrected chi connectivity index (χ0v) is 12.1. The predicted molar refractivity (Wildman–Crippen MR) is 77.5 cm³/mol. The lowest BCUT2D eigenvalue weighted by Crippen LogP contribution is -2.41. The second-order valence-corrected chi connectivity index (χ2v) is 5.41. The Kier molecular flexibility index (Phi) is 6.73. The van der Waals surface area contributed by atoms with Gasteiger partial charge in [-0.2, -0.15) is 0 Å². The molecule has 6 heteroatoms. The molecule has 1 aromatic carbocycles. The molecule has 1 unspecified atom stereocenters. The van der Waals surface area contributed by atoms with Crippen molar-refractivity contribution >= 4 is 35.2 Å². The summed E-state index contributed by atoms with van der Waals surface area (Å²) in [5, 5.41) is 12.0. The Morgan fingerprint density at radius 2 is 2.00 bits per heavy atom. The maximum atomic E-state index is 11.5. The van der Waals surface area contributed by atoms with Gasteiger partial charge in [-0.3, -0.25) is 4.79 Å². The zero-order valence-electron chi connectivity index (χ0n) is 10.6. The summed E-state index contributed by atoms with van der Waals surface area (Å²) >= 11 is 7.21. The fraction of sp³-hybridized carbons (Fsp3) is 0.385. The van der Waals surface area contributed by atoms with E-state index in [0.717, 1.165) is 5.56 Å². The van der Waals surface area contributed by atoms with Crippen LogP contribution >= 0.6 is 23.4 Å². The number of amides is 1. The van der Waals surface area contributed by atoms with Gasteiger partial charge in [0.25, 0.3) is 0 Å². The average molecular weight is 302 g/mol. The minimum absolute atomic E-state index is 0.242. The quantitative estimate of drug-likeness (QED) is 0.812. The molecule has 0 aliphatic heterocycles. The van der Waals surface area contributed by atoms with Gasteiger partial charge in [0.05, 0.1) is 5.75 Å². The van der Waals surface area contributed by atoms with E-state index in [1.54, 1.807) is 19.1 Å². The maximum Gasteiger partial charge on any atom is 0.326 e. The van der Waals surface area contributed by atoms with Crippen molar-refractivity contribution in [2.45, 2.75) is 25.1 Å². The number of aliphatic carboxylic acids is 1. The van der Waals surface area contributed by atoms with E-state index in [2.05, 4.69) is 5.32 Å². The maximum absolute atomic E-state index is 11.5. The highest BCUT2D eigenvalue weighted by Gasteiger charge is 2.17. The summed E-state index contributed by atoms with van der Waals surface area (Å²) in [7, 11) is 0. The Morgan fingerprint density at radius 1 is 1.37 bits per heavy atom. The molecule has 1 atom stereocenters. The molecule has 0 saturated carbocycles. The molecular weight excluding hydrogens is 286 g/mol. The number of halogens is 1. The molecule has 19 heavy (non-hydrogen) atoms. The SMILES string of the molecule is CCC(NC(=O)CSCc1ccc(Cl)cc1)C(=O)O. The first kappa shape index (κ1) is 15.9. The van der Waals surface area contributed by atoms with E-state index in [0.29, 0.717) is 17.2 Å². The van der Waals surface area contributed by atoms with Gasteiger partial charge in [0, 0.05) is 10.8 Å². The summed E-state index contributed by atoms with van der Waals surface area (Å²) in [6.45, 7) is 1.72. The first-order chi connectivity index (χ1) is 9.02. The minimum Gasteiger partial charge on any atom is -0.480 e. The first-order valence-corrected chi connectivity index (χ1v) is 7.40. The van der Waals surface area contributed by atoms with E-state index in [1.807, 2.05) is 12.1 Å². The number of carbonyl (C=O) groups excluding carboxylic acids is 1. The summed E-state index contributed by atoms with van der Waals surface area (Å²) in [6.07, 6.45) is 0.378. The molecule has 1 amide bonds. The summed E-state index contributed by atoms with van der Waals surface area (Å²) in [5.74, 6) is -0.326. The third-order valence-corrected chi connectivity index (χ3v) is 3.71. The van der Waals surface area contributed by atoms with Crippen LogP contribution in [0.4, 0.5) is 0 Å². The topological polar surface area (TPSA) is 66.4 Å². The predicted octanol–water partition coefficient (Wildman–Crippen LogP) is 2.55. The van der Waals surface area contributed by atoms with Gasteiger partial charge in [0.15, 0.2) is 0 Å². The molecule has 0 fully saturated rings. The molecule has 1 aromatic rings. The van der Waals surface area contributed by atoms with Crippen LogP contribution in [0.3, 0.4) is 0 Å². The van der Waals surface area contributed by atoms with Gasteiger partial charge in [-0.1, -0.05) is 30.7 Å². The summed E-state index contributed by atoms with van der Waals surface area (Å²) in [4.78, 5) is 22.3. The fourth-order valence-corrected chi connectivity index (χ4v) is 2.34. The van der Waals surface area contributed by atoms with Crippen molar-refractivity contribution in [3.05, 3.63) is 34.9 Å². The highest BCUT2D eigenvalue weighted by molar-refractivity contribution is 7.99. The summed E-state index contributed by atoms with van der Waals surface area (Å²) in [5.41, 5.74) is 1.08. The number of nitrogens with one attached hydrogen (secondary N) is 1. The number of carbonyl (C=O) groups is 2. The number of carboxylic acid groups (broad SMARTS) is 1. The van der Waals surface area contributed by atoms with E-state index in [1.165, 1.54) is 11.8 Å². The van der Waals surface area contributed by atoms with Crippen LogP contribution in [0.1, 0.15) is 18.9 Å². The fourth-order valence-electron chi connectivity index (χ4n) is 1.42. The molecule has 104 valence electrons. The Bertz CT molecular complexity index is 436. The molecule has 0 radical (unpaired) electrons. The number of hydrogen-bond acceptors (Lipinski definition) is 3. The van der Waals surface area contributed by atoms with E-state index in [4.69, 9.17) is 16.7 Å². The lowest BCUT2D eigenvalue weighted by molar-refractivity contribution is -0.141. The molecule has 0 saturated heterocycles. The van der Waals surface area contributed by atoms with Crippen LogP contribution in [0.2, 0.25) is 5.02 Å².